The molecule has 0 aliphatic heterocycles. The van der Waals surface area contributed by atoms with Gasteiger partial charge in [-0.05, 0) is 36.6 Å². The number of aromatic nitrogens is 1. The van der Waals surface area contributed by atoms with Crippen LogP contribution >= 0.6 is 46.0 Å². The lowest BCUT2D eigenvalue weighted by molar-refractivity contribution is -0.117. The second kappa shape index (κ2) is 7.82. The van der Waals surface area contributed by atoms with Gasteiger partial charge >= 0.3 is 0 Å². The number of nitrogens with zero attached hydrogens (tertiary/aromatic N) is 2. The monoisotopic (exact) mass is 400 g/mol. The Balaban J connectivity index is 1.98. The van der Waals surface area contributed by atoms with Crippen molar-refractivity contribution in [3.8, 4) is 0 Å². The van der Waals surface area contributed by atoms with Crippen LogP contribution in [0.25, 0.3) is 10.2 Å². The lowest BCUT2D eigenvalue weighted by Crippen LogP contribution is -2.18. The van der Waals surface area contributed by atoms with E-state index in [1.54, 1.807) is 23.9 Å². The van der Waals surface area contributed by atoms with Gasteiger partial charge in [-0.1, -0.05) is 22.9 Å². The summed E-state index contributed by atoms with van der Waals surface area (Å²) in [6.07, 6.45) is 2.25. The molecule has 3 rings (SSSR count). The maximum Gasteiger partial charge on any atom is 0.253 e. The number of amides is 1. The first kappa shape index (κ1) is 17.7. The van der Waals surface area contributed by atoms with Crippen LogP contribution in [0.5, 0.6) is 0 Å². The van der Waals surface area contributed by atoms with E-state index in [4.69, 9.17) is 11.6 Å². The average molecular weight is 401 g/mol. The van der Waals surface area contributed by atoms with Crippen molar-refractivity contribution in [2.75, 3.05) is 12.0 Å². The first-order valence-corrected chi connectivity index (χ1v) is 10.6. The second-order valence-corrected chi connectivity index (χ2v) is 8.82. The number of rotatable bonds is 5. The highest BCUT2D eigenvalue weighted by Gasteiger charge is 2.10. The van der Waals surface area contributed by atoms with Gasteiger partial charge < -0.3 is 4.57 Å². The highest BCUT2D eigenvalue weighted by atomic mass is 35.5. The topological polar surface area (TPSA) is 34.4 Å². The molecule has 0 unspecified atom stereocenters. The fraction of sp³-hybridized carbons (Fsp3) is 0.250. The molecule has 126 valence electrons. The minimum absolute atomic E-state index is 0.224. The maximum absolute atomic E-state index is 13.5. The Kier molecular flexibility index (Phi) is 5.76. The third-order valence-electron chi connectivity index (χ3n) is 3.34. The highest BCUT2D eigenvalue weighted by Crippen LogP contribution is 2.22. The third-order valence-corrected chi connectivity index (χ3v) is 6.20. The molecule has 3 nitrogen and oxygen atoms in total. The zero-order chi connectivity index (χ0) is 17.1. The van der Waals surface area contributed by atoms with Gasteiger partial charge in [0.15, 0.2) is 4.80 Å². The van der Waals surface area contributed by atoms with Crippen molar-refractivity contribution in [2.45, 2.75) is 13.0 Å². The molecular weight excluding hydrogens is 387 g/mol. The van der Waals surface area contributed by atoms with Crippen molar-refractivity contribution in [3.63, 3.8) is 0 Å². The average Bonchev–Trinajstić information content (AvgIpc) is 3.08. The van der Waals surface area contributed by atoms with Gasteiger partial charge in [-0.25, -0.2) is 4.39 Å². The Hall–Kier alpha value is -1.15. The van der Waals surface area contributed by atoms with Crippen LogP contribution in [0.15, 0.2) is 35.3 Å². The van der Waals surface area contributed by atoms with Crippen LogP contribution in [0.4, 0.5) is 4.39 Å². The predicted octanol–water partition coefficient (Wildman–Crippen LogP) is 4.59. The fourth-order valence-electron chi connectivity index (χ4n) is 2.27. The predicted molar refractivity (Wildman–Crippen MR) is 102 cm³/mol. The number of fused-ring (bicyclic) bond motifs is 1. The smallest absolute Gasteiger partial charge is 0.253 e. The van der Waals surface area contributed by atoms with E-state index >= 15 is 0 Å². The van der Waals surface area contributed by atoms with E-state index in [0.717, 1.165) is 27.4 Å². The van der Waals surface area contributed by atoms with Gasteiger partial charge in [0.05, 0.1) is 21.0 Å². The Labute approximate surface area is 155 Å². The summed E-state index contributed by atoms with van der Waals surface area (Å²) in [6.45, 7) is 0.726. The van der Waals surface area contributed by atoms with Crippen molar-refractivity contribution < 1.29 is 9.18 Å². The molecule has 0 atom stereocenters. The summed E-state index contributed by atoms with van der Waals surface area (Å²) in [5, 5.41) is 0. The summed E-state index contributed by atoms with van der Waals surface area (Å²) in [6, 6.07) is 8.27. The molecule has 0 saturated carbocycles. The Morgan fingerprint density at radius 1 is 1.33 bits per heavy atom. The zero-order valence-corrected chi connectivity index (χ0v) is 16.0. The van der Waals surface area contributed by atoms with Gasteiger partial charge in [0, 0.05) is 17.2 Å². The Morgan fingerprint density at radius 3 is 2.88 bits per heavy atom. The molecule has 8 heteroatoms. The number of carbonyl (C=O) groups excluding carboxylic acids is 1. The molecule has 0 spiro atoms. The van der Waals surface area contributed by atoms with Crippen LogP contribution in [0.2, 0.25) is 4.34 Å². The van der Waals surface area contributed by atoms with E-state index in [-0.39, 0.29) is 18.1 Å². The first-order valence-electron chi connectivity index (χ1n) is 7.16. The summed E-state index contributed by atoms with van der Waals surface area (Å²) in [7, 11) is 0. The van der Waals surface area contributed by atoms with Crippen LogP contribution in [-0.4, -0.2) is 22.5 Å². The van der Waals surface area contributed by atoms with E-state index in [0.29, 0.717) is 9.14 Å². The number of thiazole rings is 1. The summed E-state index contributed by atoms with van der Waals surface area (Å²) in [4.78, 5) is 18.0. The van der Waals surface area contributed by atoms with E-state index in [2.05, 4.69) is 4.99 Å². The SMILES string of the molecule is CSCCn1c(=NC(=O)Cc2ccc(Cl)s2)sc2cc(F)ccc21. The van der Waals surface area contributed by atoms with E-state index in [9.17, 15) is 9.18 Å². The van der Waals surface area contributed by atoms with Crippen molar-refractivity contribution in [2.24, 2.45) is 4.99 Å². The molecule has 0 saturated heterocycles. The minimum Gasteiger partial charge on any atom is -0.316 e. The molecule has 1 aromatic carbocycles. The minimum atomic E-state index is -0.285. The van der Waals surface area contributed by atoms with Crippen LogP contribution in [0, 0.1) is 5.82 Å². The normalized spacial score (nSPS) is 12.2. The quantitative estimate of drug-likeness (QED) is 0.627. The largest absolute Gasteiger partial charge is 0.316 e. The molecule has 1 amide bonds. The van der Waals surface area contributed by atoms with Crippen LogP contribution in [0.1, 0.15) is 4.88 Å². The summed E-state index contributed by atoms with van der Waals surface area (Å²) < 4.78 is 16.9. The van der Waals surface area contributed by atoms with Gasteiger partial charge in [0.2, 0.25) is 0 Å². The van der Waals surface area contributed by atoms with Gasteiger partial charge in [0.25, 0.3) is 5.91 Å². The molecule has 2 heterocycles. The van der Waals surface area contributed by atoms with Crippen molar-refractivity contribution in [1.29, 1.82) is 0 Å². The van der Waals surface area contributed by atoms with E-state index in [1.165, 1.54) is 34.8 Å². The van der Waals surface area contributed by atoms with Gasteiger partial charge in [0.1, 0.15) is 5.82 Å². The second-order valence-electron chi connectivity index (χ2n) is 5.03. The number of benzene rings is 1. The van der Waals surface area contributed by atoms with Crippen molar-refractivity contribution >= 4 is 62.2 Å². The van der Waals surface area contributed by atoms with E-state index < -0.39 is 0 Å². The molecule has 0 aliphatic carbocycles. The fourth-order valence-corrected chi connectivity index (χ4v) is 4.82. The van der Waals surface area contributed by atoms with Gasteiger partial charge in [-0.15, -0.1) is 11.3 Å². The number of aryl methyl sites for hydroxylation is 1. The summed E-state index contributed by atoms with van der Waals surface area (Å²) in [5.41, 5.74) is 0.904. The molecule has 0 radical (unpaired) electrons. The van der Waals surface area contributed by atoms with Gasteiger partial charge in [-0.2, -0.15) is 16.8 Å². The standard InChI is InChI=1S/C16H14ClFN2OS3/c1-22-7-6-20-12-4-2-10(18)8-13(12)24-16(20)19-15(21)9-11-3-5-14(17)23-11/h2-5,8H,6-7,9H2,1H3. The molecule has 0 N–H and O–H groups in total. The van der Waals surface area contributed by atoms with Gasteiger partial charge in [-0.3, -0.25) is 4.79 Å². The van der Waals surface area contributed by atoms with Crippen molar-refractivity contribution in [1.82, 2.24) is 4.57 Å². The number of thiophene rings is 1. The Morgan fingerprint density at radius 2 is 2.17 bits per heavy atom. The van der Waals surface area contributed by atoms with Crippen LogP contribution in [-0.2, 0) is 17.8 Å². The number of hydrogen-bond acceptors (Lipinski definition) is 4. The summed E-state index contributed by atoms with van der Waals surface area (Å²) in [5.74, 6) is 0.385. The lowest BCUT2D eigenvalue weighted by Gasteiger charge is -2.03. The lowest BCUT2D eigenvalue weighted by atomic mass is 10.3. The highest BCUT2D eigenvalue weighted by molar-refractivity contribution is 7.98. The molecular formula is C16H14ClFN2OS3. The van der Waals surface area contributed by atoms with Crippen LogP contribution < -0.4 is 4.80 Å². The number of carbonyl (C=O) groups is 1. The first-order chi connectivity index (χ1) is 11.6. The number of hydrogen-bond donors (Lipinski definition) is 0. The molecule has 0 aliphatic rings. The Bertz CT molecular complexity index is 944. The molecule has 3 aromatic rings. The molecule has 2 aromatic heterocycles. The molecule has 24 heavy (non-hydrogen) atoms. The third kappa shape index (κ3) is 4.08. The zero-order valence-electron chi connectivity index (χ0n) is 12.8. The van der Waals surface area contributed by atoms with Crippen LogP contribution in [0.3, 0.4) is 0 Å². The van der Waals surface area contributed by atoms with E-state index in [1.807, 2.05) is 16.9 Å². The summed E-state index contributed by atoms with van der Waals surface area (Å²) >= 11 is 10.3. The number of thioether (sulfide) groups is 1. The molecule has 0 bridgehead atoms. The maximum atomic E-state index is 13.5. The van der Waals surface area contributed by atoms with Crippen molar-refractivity contribution in [3.05, 3.63) is 50.2 Å². The number of halogens is 2. The molecule has 0 fully saturated rings.